The van der Waals surface area contributed by atoms with Crippen LogP contribution in [0.4, 0.5) is 0 Å². The Balaban J connectivity index is 1.56. The van der Waals surface area contributed by atoms with E-state index in [0.717, 1.165) is 18.5 Å². The molecule has 180 valence electrons. The number of carbonyl (C=O) groups is 1. The first-order chi connectivity index (χ1) is 16.6. The van der Waals surface area contributed by atoms with Gasteiger partial charge in [-0.2, -0.15) is 0 Å². The zero-order valence-corrected chi connectivity index (χ0v) is 20.8. The number of nitrogens with one attached hydrogen (secondary N) is 1. The second-order valence-electron chi connectivity index (χ2n) is 8.53. The minimum Gasteiger partial charge on any atom is -0.493 e. The van der Waals surface area contributed by atoms with Crippen molar-refractivity contribution in [2.45, 2.75) is 68.5 Å². The fourth-order valence-electron chi connectivity index (χ4n) is 4.18. The fraction of sp³-hybridized carbons (Fsp3) is 0.423. The van der Waals surface area contributed by atoms with Gasteiger partial charge in [-0.05, 0) is 51.0 Å². The molecule has 0 radical (unpaired) electrons. The van der Waals surface area contributed by atoms with Crippen LogP contribution >= 0.6 is 11.8 Å². The van der Waals surface area contributed by atoms with E-state index in [1.54, 1.807) is 7.11 Å². The van der Waals surface area contributed by atoms with E-state index < -0.39 is 6.10 Å². The third kappa shape index (κ3) is 5.73. The minimum atomic E-state index is -0.398. The third-order valence-corrected chi connectivity index (χ3v) is 7.05. The van der Waals surface area contributed by atoms with Gasteiger partial charge in [0.2, 0.25) is 5.91 Å². The van der Waals surface area contributed by atoms with E-state index in [4.69, 9.17) is 9.47 Å². The number of carbonyl (C=O) groups excluding carboxylic acids is 1. The fourth-order valence-corrected chi connectivity index (χ4v) is 5.06. The predicted octanol–water partition coefficient (Wildman–Crippen LogP) is 5.35. The summed E-state index contributed by atoms with van der Waals surface area (Å²) < 4.78 is 13.6. The molecule has 1 aliphatic carbocycles. The number of rotatable bonds is 9. The third-order valence-electron chi connectivity index (χ3n) is 6.01. The quantitative estimate of drug-likeness (QED) is 0.416. The Hall–Kier alpha value is -3.00. The number of nitrogens with zero attached hydrogens (tertiary/aromatic N) is 3. The highest BCUT2D eigenvalue weighted by Gasteiger charge is 2.26. The summed E-state index contributed by atoms with van der Waals surface area (Å²) in [6, 6.07) is 17.7. The second-order valence-corrected chi connectivity index (χ2v) is 9.83. The number of amides is 1. The molecule has 3 aromatic rings. The molecule has 0 bridgehead atoms. The number of aromatic nitrogens is 3. The van der Waals surface area contributed by atoms with Crippen molar-refractivity contribution in [3.8, 4) is 17.2 Å². The lowest BCUT2D eigenvalue weighted by atomic mass is 9.95. The molecule has 2 atom stereocenters. The summed E-state index contributed by atoms with van der Waals surface area (Å²) in [5.74, 6) is 1.98. The highest BCUT2D eigenvalue weighted by atomic mass is 32.2. The predicted molar refractivity (Wildman–Crippen MR) is 134 cm³/mol. The molecule has 34 heavy (non-hydrogen) atoms. The average molecular weight is 481 g/mol. The first kappa shape index (κ1) is 24.1. The van der Waals surface area contributed by atoms with Crippen molar-refractivity contribution in [1.82, 2.24) is 20.1 Å². The SMILES string of the molecule is COc1ccccc1OC(C)c1nnc(SC(C)C(=O)NC2CCCCC2)n1-c1ccccc1. The van der Waals surface area contributed by atoms with Gasteiger partial charge in [0.05, 0.1) is 12.4 Å². The largest absolute Gasteiger partial charge is 0.493 e. The lowest BCUT2D eigenvalue weighted by Gasteiger charge is -2.24. The van der Waals surface area contributed by atoms with Crippen LogP contribution in [0.25, 0.3) is 5.69 Å². The highest BCUT2D eigenvalue weighted by Crippen LogP contribution is 2.33. The van der Waals surface area contributed by atoms with Crippen LogP contribution in [0.1, 0.15) is 57.9 Å². The smallest absolute Gasteiger partial charge is 0.233 e. The molecule has 2 unspecified atom stereocenters. The zero-order chi connectivity index (χ0) is 23.9. The standard InChI is InChI=1S/C26H32N4O3S/c1-18(33-23-17-11-10-16-22(23)32-3)24-28-29-26(30(24)21-14-8-5-9-15-21)34-19(2)25(31)27-20-12-6-4-7-13-20/h5,8-11,14-20H,4,6-7,12-13H2,1-3H3,(H,27,31). The van der Waals surface area contributed by atoms with E-state index in [0.29, 0.717) is 22.5 Å². The molecule has 1 fully saturated rings. The van der Waals surface area contributed by atoms with Crippen LogP contribution in [0.3, 0.4) is 0 Å². The molecule has 1 amide bonds. The van der Waals surface area contributed by atoms with E-state index in [2.05, 4.69) is 15.5 Å². The summed E-state index contributed by atoms with van der Waals surface area (Å²) in [6.07, 6.45) is 5.35. The summed E-state index contributed by atoms with van der Waals surface area (Å²) in [5, 5.41) is 12.5. The molecular weight excluding hydrogens is 448 g/mol. The average Bonchev–Trinajstić information content (AvgIpc) is 3.29. The monoisotopic (exact) mass is 480 g/mol. The molecule has 1 N–H and O–H groups in total. The van der Waals surface area contributed by atoms with Crippen LogP contribution in [0.15, 0.2) is 59.8 Å². The Kier molecular flexibility index (Phi) is 8.11. The van der Waals surface area contributed by atoms with Gasteiger partial charge in [0, 0.05) is 11.7 Å². The van der Waals surface area contributed by atoms with Crippen molar-refractivity contribution >= 4 is 17.7 Å². The van der Waals surface area contributed by atoms with Crippen LogP contribution in [0.2, 0.25) is 0 Å². The topological polar surface area (TPSA) is 78.3 Å². The number of hydrogen-bond donors (Lipinski definition) is 1. The van der Waals surface area contributed by atoms with Gasteiger partial charge in [-0.3, -0.25) is 9.36 Å². The van der Waals surface area contributed by atoms with E-state index in [9.17, 15) is 4.79 Å². The zero-order valence-electron chi connectivity index (χ0n) is 19.9. The molecule has 0 spiro atoms. The normalized spacial score (nSPS) is 16.0. The van der Waals surface area contributed by atoms with Gasteiger partial charge in [0.25, 0.3) is 0 Å². The lowest BCUT2D eigenvalue weighted by Crippen LogP contribution is -2.40. The lowest BCUT2D eigenvalue weighted by molar-refractivity contribution is -0.121. The Morgan fingerprint density at radius 2 is 1.68 bits per heavy atom. The maximum absolute atomic E-state index is 12.9. The Morgan fingerprint density at radius 1 is 1.00 bits per heavy atom. The van der Waals surface area contributed by atoms with Gasteiger partial charge in [0.15, 0.2) is 28.6 Å². The summed E-state index contributed by atoms with van der Waals surface area (Å²) in [5.41, 5.74) is 0.917. The molecule has 7 nitrogen and oxygen atoms in total. The molecule has 4 rings (SSSR count). The Labute approximate surface area is 205 Å². The molecule has 2 aromatic carbocycles. The highest BCUT2D eigenvalue weighted by molar-refractivity contribution is 8.00. The van der Waals surface area contributed by atoms with Crippen LogP contribution in [-0.2, 0) is 4.79 Å². The maximum atomic E-state index is 12.9. The van der Waals surface area contributed by atoms with Gasteiger partial charge in [0.1, 0.15) is 0 Å². The van der Waals surface area contributed by atoms with Gasteiger partial charge in [-0.15, -0.1) is 10.2 Å². The van der Waals surface area contributed by atoms with Crippen molar-refractivity contribution < 1.29 is 14.3 Å². The van der Waals surface area contributed by atoms with Crippen molar-refractivity contribution in [3.05, 3.63) is 60.4 Å². The van der Waals surface area contributed by atoms with E-state index in [-0.39, 0.29) is 17.2 Å². The van der Waals surface area contributed by atoms with Crippen LogP contribution in [-0.4, -0.2) is 39.1 Å². The van der Waals surface area contributed by atoms with Crippen molar-refractivity contribution in [2.75, 3.05) is 7.11 Å². The van der Waals surface area contributed by atoms with Crippen molar-refractivity contribution in [1.29, 1.82) is 0 Å². The number of ether oxygens (including phenoxy) is 2. The van der Waals surface area contributed by atoms with E-state index in [1.165, 1.54) is 31.0 Å². The first-order valence-corrected chi connectivity index (χ1v) is 12.7. The van der Waals surface area contributed by atoms with E-state index in [1.807, 2.05) is 73.0 Å². The molecule has 1 saturated carbocycles. The number of thioether (sulfide) groups is 1. The van der Waals surface area contributed by atoms with Crippen LogP contribution < -0.4 is 14.8 Å². The van der Waals surface area contributed by atoms with Gasteiger partial charge in [-0.1, -0.05) is 61.4 Å². The summed E-state index contributed by atoms with van der Waals surface area (Å²) in [6.45, 7) is 3.85. The van der Waals surface area contributed by atoms with Crippen molar-refractivity contribution in [3.63, 3.8) is 0 Å². The molecular formula is C26H32N4O3S. The molecule has 0 aliphatic heterocycles. The molecule has 0 saturated heterocycles. The van der Waals surface area contributed by atoms with Gasteiger partial charge in [-0.25, -0.2) is 0 Å². The van der Waals surface area contributed by atoms with Crippen LogP contribution in [0.5, 0.6) is 11.5 Å². The summed E-state index contributed by atoms with van der Waals surface area (Å²) >= 11 is 1.41. The van der Waals surface area contributed by atoms with Crippen LogP contribution in [0, 0.1) is 0 Å². The maximum Gasteiger partial charge on any atom is 0.233 e. The molecule has 1 aliphatic rings. The van der Waals surface area contributed by atoms with Gasteiger partial charge < -0.3 is 14.8 Å². The first-order valence-electron chi connectivity index (χ1n) is 11.8. The number of methoxy groups -OCH3 is 1. The number of hydrogen-bond acceptors (Lipinski definition) is 6. The Bertz CT molecular complexity index is 1080. The Morgan fingerprint density at radius 3 is 2.38 bits per heavy atom. The minimum absolute atomic E-state index is 0.0411. The summed E-state index contributed by atoms with van der Waals surface area (Å²) in [4.78, 5) is 12.9. The number of benzene rings is 2. The number of para-hydroxylation sites is 3. The molecule has 1 aromatic heterocycles. The molecule has 8 heteroatoms. The van der Waals surface area contributed by atoms with E-state index >= 15 is 0 Å². The summed E-state index contributed by atoms with van der Waals surface area (Å²) in [7, 11) is 1.62. The van der Waals surface area contributed by atoms with Crippen molar-refractivity contribution in [2.24, 2.45) is 0 Å². The van der Waals surface area contributed by atoms with Gasteiger partial charge >= 0.3 is 0 Å². The second kappa shape index (κ2) is 11.4. The molecule has 1 heterocycles.